The summed E-state index contributed by atoms with van der Waals surface area (Å²) < 4.78 is 5.47. The van der Waals surface area contributed by atoms with Crippen molar-refractivity contribution in [1.82, 2.24) is 9.88 Å². The Morgan fingerprint density at radius 2 is 2.20 bits per heavy atom. The van der Waals surface area contributed by atoms with E-state index in [9.17, 15) is 0 Å². The van der Waals surface area contributed by atoms with Crippen LogP contribution in [-0.4, -0.2) is 37.1 Å². The summed E-state index contributed by atoms with van der Waals surface area (Å²) in [7, 11) is 4.09. The standard InChI is InChI=1S/C11H19N3O/c1-9-8-13-11(7-10(9)12)15-6-4-5-14(2)3/h7-8H,4-6H2,1-3H3,(H2,12,13). The predicted molar refractivity (Wildman–Crippen MR) is 62.1 cm³/mol. The van der Waals surface area contributed by atoms with Gasteiger partial charge in [0.1, 0.15) is 0 Å². The lowest BCUT2D eigenvalue weighted by atomic mass is 10.3. The molecule has 0 unspecified atom stereocenters. The van der Waals surface area contributed by atoms with Gasteiger partial charge in [-0.2, -0.15) is 0 Å². The van der Waals surface area contributed by atoms with Crippen molar-refractivity contribution in [2.24, 2.45) is 0 Å². The Kier molecular flexibility index (Phi) is 4.37. The van der Waals surface area contributed by atoms with E-state index in [1.807, 2.05) is 21.0 Å². The lowest BCUT2D eigenvalue weighted by Crippen LogP contribution is -2.15. The molecule has 4 nitrogen and oxygen atoms in total. The van der Waals surface area contributed by atoms with Crippen molar-refractivity contribution in [2.75, 3.05) is 33.0 Å². The van der Waals surface area contributed by atoms with Crippen molar-refractivity contribution in [3.8, 4) is 5.88 Å². The Bertz CT molecular complexity index is 313. The van der Waals surface area contributed by atoms with E-state index in [0.717, 1.165) is 24.2 Å². The van der Waals surface area contributed by atoms with E-state index in [4.69, 9.17) is 10.5 Å². The first kappa shape index (κ1) is 11.8. The quantitative estimate of drug-likeness (QED) is 0.743. The number of ether oxygens (including phenoxy) is 1. The normalized spacial score (nSPS) is 10.7. The Labute approximate surface area is 91.1 Å². The Balaban J connectivity index is 2.35. The lowest BCUT2D eigenvalue weighted by molar-refractivity contribution is 0.273. The second-order valence-corrected chi connectivity index (χ2v) is 3.88. The minimum Gasteiger partial charge on any atom is -0.478 e. The fraction of sp³-hybridized carbons (Fsp3) is 0.545. The summed E-state index contributed by atoms with van der Waals surface area (Å²) in [5, 5.41) is 0. The number of hydrogen-bond acceptors (Lipinski definition) is 4. The molecule has 0 spiro atoms. The van der Waals surface area contributed by atoms with Crippen LogP contribution in [0.2, 0.25) is 0 Å². The van der Waals surface area contributed by atoms with Crippen molar-refractivity contribution in [3.05, 3.63) is 17.8 Å². The van der Waals surface area contributed by atoms with Crippen LogP contribution in [0.15, 0.2) is 12.3 Å². The van der Waals surface area contributed by atoms with Crippen LogP contribution in [0.1, 0.15) is 12.0 Å². The maximum atomic E-state index is 5.74. The van der Waals surface area contributed by atoms with Gasteiger partial charge >= 0.3 is 0 Å². The van der Waals surface area contributed by atoms with Crippen molar-refractivity contribution in [2.45, 2.75) is 13.3 Å². The molecule has 0 bridgehead atoms. The Hall–Kier alpha value is -1.29. The molecule has 4 heteroatoms. The number of anilines is 1. The van der Waals surface area contributed by atoms with Crippen molar-refractivity contribution >= 4 is 5.69 Å². The zero-order valence-electron chi connectivity index (χ0n) is 9.66. The predicted octanol–water partition coefficient (Wildman–Crippen LogP) is 1.30. The molecule has 0 saturated carbocycles. The Morgan fingerprint density at radius 3 is 2.80 bits per heavy atom. The van der Waals surface area contributed by atoms with Crippen LogP contribution in [0, 0.1) is 6.92 Å². The third-order valence-corrected chi connectivity index (χ3v) is 2.12. The number of pyridine rings is 1. The van der Waals surface area contributed by atoms with Gasteiger partial charge in [-0.1, -0.05) is 0 Å². The van der Waals surface area contributed by atoms with E-state index in [1.54, 1.807) is 12.3 Å². The van der Waals surface area contributed by atoms with Crippen LogP contribution >= 0.6 is 0 Å². The summed E-state index contributed by atoms with van der Waals surface area (Å²) in [6.45, 7) is 3.62. The topological polar surface area (TPSA) is 51.4 Å². The maximum Gasteiger partial charge on any atom is 0.215 e. The van der Waals surface area contributed by atoms with Gasteiger partial charge in [0, 0.05) is 24.5 Å². The van der Waals surface area contributed by atoms with Gasteiger partial charge < -0.3 is 15.4 Å². The molecule has 0 fully saturated rings. The number of aryl methyl sites for hydroxylation is 1. The average molecular weight is 209 g/mol. The molecular weight excluding hydrogens is 190 g/mol. The number of nitrogens with two attached hydrogens (primary N) is 1. The van der Waals surface area contributed by atoms with Crippen molar-refractivity contribution in [1.29, 1.82) is 0 Å². The van der Waals surface area contributed by atoms with Gasteiger partial charge in [-0.05, 0) is 33.0 Å². The van der Waals surface area contributed by atoms with Crippen molar-refractivity contribution < 1.29 is 4.74 Å². The van der Waals surface area contributed by atoms with Gasteiger partial charge in [-0.25, -0.2) is 4.98 Å². The highest BCUT2D eigenvalue weighted by atomic mass is 16.5. The molecule has 0 radical (unpaired) electrons. The second-order valence-electron chi connectivity index (χ2n) is 3.88. The average Bonchev–Trinajstić information content (AvgIpc) is 2.18. The van der Waals surface area contributed by atoms with Gasteiger partial charge in [0.25, 0.3) is 0 Å². The van der Waals surface area contributed by atoms with Crippen LogP contribution in [0.5, 0.6) is 5.88 Å². The first-order valence-electron chi connectivity index (χ1n) is 5.09. The first-order valence-corrected chi connectivity index (χ1v) is 5.09. The molecule has 84 valence electrons. The van der Waals surface area contributed by atoms with Crippen LogP contribution in [-0.2, 0) is 0 Å². The molecule has 0 saturated heterocycles. The fourth-order valence-corrected chi connectivity index (χ4v) is 1.16. The third-order valence-electron chi connectivity index (χ3n) is 2.12. The minimum atomic E-state index is 0.608. The largest absolute Gasteiger partial charge is 0.478 e. The molecule has 0 aliphatic heterocycles. The van der Waals surface area contributed by atoms with Crippen LogP contribution in [0.3, 0.4) is 0 Å². The van der Waals surface area contributed by atoms with Crippen LogP contribution in [0.25, 0.3) is 0 Å². The lowest BCUT2D eigenvalue weighted by Gasteiger charge is -2.10. The second kappa shape index (κ2) is 5.56. The summed E-state index contributed by atoms with van der Waals surface area (Å²) >= 11 is 0. The molecular formula is C11H19N3O. The summed E-state index contributed by atoms with van der Waals surface area (Å²) in [6.07, 6.45) is 2.72. The monoisotopic (exact) mass is 209 g/mol. The smallest absolute Gasteiger partial charge is 0.215 e. The first-order chi connectivity index (χ1) is 7.09. The maximum absolute atomic E-state index is 5.74. The van der Waals surface area contributed by atoms with Crippen LogP contribution in [0.4, 0.5) is 5.69 Å². The van der Waals surface area contributed by atoms with Gasteiger partial charge in [-0.3, -0.25) is 0 Å². The summed E-state index contributed by atoms with van der Waals surface area (Å²) in [4.78, 5) is 6.27. The van der Waals surface area contributed by atoms with Crippen molar-refractivity contribution in [3.63, 3.8) is 0 Å². The molecule has 15 heavy (non-hydrogen) atoms. The highest BCUT2D eigenvalue weighted by Gasteiger charge is 1.99. The summed E-state index contributed by atoms with van der Waals surface area (Å²) in [6, 6.07) is 1.77. The third kappa shape index (κ3) is 4.16. The highest BCUT2D eigenvalue weighted by Crippen LogP contribution is 2.15. The van der Waals surface area contributed by atoms with Gasteiger partial charge in [0.15, 0.2) is 0 Å². The molecule has 1 heterocycles. The molecule has 1 aromatic heterocycles. The minimum absolute atomic E-state index is 0.608. The molecule has 1 aromatic rings. The van der Waals surface area contributed by atoms with E-state index >= 15 is 0 Å². The van der Waals surface area contributed by atoms with Gasteiger partial charge in [-0.15, -0.1) is 0 Å². The molecule has 0 aliphatic rings. The summed E-state index contributed by atoms with van der Waals surface area (Å²) in [5.41, 5.74) is 7.46. The number of rotatable bonds is 5. The van der Waals surface area contributed by atoms with E-state index < -0.39 is 0 Å². The van der Waals surface area contributed by atoms with Crippen LogP contribution < -0.4 is 10.5 Å². The zero-order chi connectivity index (χ0) is 11.3. The molecule has 0 aromatic carbocycles. The Morgan fingerprint density at radius 1 is 1.47 bits per heavy atom. The number of nitrogen functional groups attached to an aromatic ring is 1. The molecule has 2 N–H and O–H groups in total. The molecule has 1 rings (SSSR count). The SMILES string of the molecule is Cc1cnc(OCCCN(C)C)cc1N. The van der Waals surface area contributed by atoms with E-state index in [1.165, 1.54) is 0 Å². The highest BCUT2D eigenvalue weighted by molar-refractivity contribution is 5.46. The fourth-order valence-electron chi connectivity index (χ4n) is 1.16. The van der Waals surface area contributed by atoms with E-state index in [2.05, 4.69) is 9.88 Å². The molecule has 0 aliphatic carbocycles. The van der Waals surface area contributed by atoms with E-state index in [-0.39, 0.29) is 0 Å². The van der Waals surface area contributed by atoms with Gasteiger partial charge in [0.2, 0.25) is 5.88 Å². The zero-order valence-corrected chi connectivity index (χ0v) is 9.66. The number of aromatic nitrogens is 1. The van der Waals surface area contributed by atoms with E-state index in [0.29, 0.717) is 12.5 Å². The number of hydrogen-bond donors (Lipinski definition) is 1. The summed E-state index contributed by atoms with van der Waals surface area (Å²) in [5.74, 6) is 0.608. The molecule has 0 amide bonds. The number of nitrogens with zero attached hydrogens (tertiary/aromatic N) is 2. The molecule has 0 atom stereocenters. The van der Waals surface area contributed by atoms with Gasteiger partial charge in [0.05, 0.1) is 6.61 Å².